The van der Waals surface area contributed by atoms with Gasteiger partial charge in [-0.05, 0) is 41.1 Å². The Bertz CT molecular complexity index is 1270. The van der Waals surface area contributed by atoms with Gasteiger partial charge in [0.2, 0.25) is 5.17 Å². The minimum Gasteiger partial charge on any atom is -0.489 e. The van der Waals surface area contributed by atoms with Crippen LogP contribution in [0.2, 0.25) is 0 Å². The van der Waals surface area contributed by atoms with Crippen molar-refractivity contribution in [3.05, 3.63) is 107 Å². The van der Waals surface area contributed by atoms with Crippen LogP contribution in [-0.2, 0) is 11.4 Å². The van der Waals surface area contributed by atoms with Crippen LogP contribution >= 0.6 is 11.8 Å². The number of hydrazone groups is 1. The van der Waals surface area contributed by atoms with E-state index in [0.717, 1.165) is 22.4 Å². The van der Waals surface area contributed by atoms with Crippen LogP contribution in [-0.4, -0.2) is 27.0 Å². The van der Waals surface area contributed by atoms with Crippen molar-refractivity contribution in [2.45, 2.75) is 6.61 Å². The van der Waals surface area contributed by atoms with E-state index in [1.165, 1.54) is 16.8 Å². The summed E-state index contributed by atoms with van der Waals surface area (Å²) in [5, 5.41) is 15.5. The standard InChI is InChI=1S/C25H18N4O2S/c26-22-21(15-17-11-13-20(14-12-17)31-16-18-7-3-1-4-8-18)23(30)27-25-29(22)28-24(32-25)19-9-5-2-6-10-19/h1-15,26H,16H2/b21-15-,26-22?. The molecule has 0 aliphatic carbocycles. The number of hydrogen-bond donors (Lipinski definition) is 1. The molecule has 0 saturated heterocycles. The van der Waals surface area contributed by atoms with Crippen LogP contribution in [0.15, 0.2) is 101 Å². The van der Waals surface area contributed by atoms with E-state index in [1.807, 2.05) is 84.9 Å². The minimum absolute atomic E-state index is 0.0165. The first-order chi connectivity index (χ1) is 15.7. The minimum atomic E-state index is -0.442. The highest BCUT2D eigenvalue weighted by atomic mass is 32.2. The van der Waals surface area contributed by atoms with Gasteiger partial charge in [-0.3, -0.25) is 10.2 Å². The van der Waals surface area contributed by atoms with E-state index >= 15 is 0 Å². The first-order valence-corrected chi connectivity index (χ1v) is 10.8. The highest BCUT2D eigenvalue weighted by Crippen LogP contribution is 2.31. The third-order valence-electron chi connectivity index (χ3n) is 4.91. The van der Waals surface area contributed by atoms with E-state index in [0.29, 0.717) is 16.8 Å². The summed E-state index contributed by atoms with van der Waals surface area (Å²) in [6, 6.07) is 27.0. The lowest BCUT2D eigenvalue weighted by molar-refractivity contribution is -0.114. The molecule has 2 heterocycles. The summed E-state index contributed by atoms with van der Waals surface area (Å²) in [6.07, 6.45) is 1.66. The van der Waals surface area contributed by atoms with Crippen molar-refractivity contribution in [2.75, 3.05) is 0 Å². The van der Waals surface area contributed by atoms with Gasteiger partial charge in [0.15, 0.2) is 5.84 Å². The lowest BCUT2D eigenvalue weighted by Gasteiger charge is -2.20. The number of carbonyl (C=O) groups is 1. The van der Waals surface area contributed by atoms with Crippen molar-refractivity contribution in [3.63, 3.8) is 0 Å². The van der Waals surface area contributed by atoms with Crippen molar-refractivity contribution >= 4 is 39.8 Å². The number of thioether (sulfide) groups is 1. The van der Waals surface area contributed by atoms with Crippen LogP contribution in [0, 0.1) is 5.41 Å². The average Bonchev–Trinajstić information content (AvgIpc) is 3.27. The molecule has 0 unspecified atom stereocenters. The monoisotopic (exact) mass is 438 g/mol. The SMILES string of the molecule is N=C1/C(=C/c2ccc(OCc3ccccc3)cc2)C(=O)N=C2SC(c3ccccc3)=NN12. The number of hydrogen-bond acceptors (Lipinski definition) is 5. The molecule has 32 heavy (non-hydrogen) atoms. The Hall–Kier alpha value is -3.97. The summed E-state index contributed by atoms with van der Waals surface area (Å²) in [4.78, 5) is 16.8. The van der Waals surface area contributed by atoms with Crippen LogP contribution in [0.4, 0.5) is 0 Å². The third-order valence-corrected chi connectivity index (χ3v) is 5.87. The highest BCUT2D eigenvalue weighted by Gasteiger charge is 2.35. The maximum atomic E-state index is 12.6. The van der Waals surface area contributed by atoms with Crippen molar-refractivity contribution in [3.8, 4) is 5.75 Å². The molecule has 0 bridgehead atoms. The molecule has 6 nitrogen and oxygen atoms in total. The topological polar surface area (TPSA) is 78.1 Å². The van der Waals surface area contributed by atoms with Crippen LogP contribution in [0.5, 0.6) is 5.75 Å². The van der Waals surface area contributed by atoms with E-state index in [4.69, 9.17) is 10.1 Å². The van der Waals surface area contributed by atoms with Crippen molar-refractivity contribution in [2.24, 2.45) is 10.1 Å². The molecular formula is C25H18N4O2S. The van der Waals surface area contributed by atoms with Crippen LogP contribution < -0.4 is 4.74 Å². The summed E-state index contributed by atoms with van der Waals surface area (Å²) >= 11 is 1.29. The Labute approximate surface area is 189 Å². The molecule has 0 aromatic heterocycles. The fourth-order valence-corrected chi connectivity index (χ4v) is 4.15. The third kappa shape index (κ3) is 4.10. The lowest BCUT2D eigenvalue weighted by atomic mass is 10.1. The maximum absolute atomic E-state index is 12.6. The Kier molecular flexibility index (Phi) is 5.39. The van der Waals surface area contributed by atoms with Crippen molar-refractivity contribution < 1.29 is 9.53 Å². The molecule has 3 aromatic rings. The first-order valence-electron chi connectivity index (χ1n) is 10.00. The van der Waals surface area contributed by atoms with E-state index in [9.17, 15) is 4.79 Å². The van der Waals surface area contributed by atoms with Gasteiger partial charge in [-0.2, -0.15) is 15.1 Å². The number of carbonyl (C=O) groups excluding carboxylic acids is 1. The molecule has 156 valence electrons. The second-order valence-corrected chi connectivity index (χ2v) is 8.09. The molecule has 5 rings (SSSR count). The number of benzene rings is 3. The van der Waals surface area contributed by atoms with Gasteiger partial charge in [0.1, 0.15) is 17.4 Å². The quantitative estimate of drug-likeness (QED) is 0.573. The van der Waals surface area contributed by atoms with Gasteiger partial charge in [0, 0.05) is 5.56 Å². The van der Waals surface area contributed by atoms with Gasteiger partial charge in [-0.25, -0.2) is 0 Å². The van der Waals surface area contributed by atoms with E-state index in [-0.39, 0.29) is 11.4 Å². The number of amidine groups is 2. The number of fused-ring (bicyclic) bond motifs is 1. The Balaban J connectivity index is 1.33. The van der Waals surface area contributed by atoms with E-state index in [2.05, 4.69) is 10.1 Å². The predicted octanol–water partition coefficient (Wildman–Crippen LogP) is 4.93. The number of ether oxygens (including phenoxy) is 1. The lowest BCUT2D eigenvalue weighted by Crippen LogP contribution is -2.35. The van der Waals surface area contributed by atoms with Crippen molar-refractivity contribution in [1.82, 2.24) is 5.01 Å². The molecule has 3 aromatic carbocycles. The van der Waals surface area contributed by atoms with Gasteiger partial charge in [0.05, 0.1) is 5.57 Å². The number of rotatable bonds is 5. The Morgan fingerprint density at radius 1 is 0.938 bits per heavy atom. The molecule has 0 radical (unpaired) electrons. The van der Waals surface area contributed by atoms with E-state index < -0.39 is 5.91 Å². The Morgan fingerprint density at radius 3 is 2.34 bits per heavy atom. The molecule has 0 fully saturated rings. The molecule has 0 saturated carbocycles. The van der Waals surface area contributed by atoms with Crippen LogP contribution in [0.25, 0.3) is 6.08 Å². The molecule has 0 atom stereocenters. The number of amides is 1. The second-order valence-electron chi connectivity index (χ2n) is 7.13. The number of nitrogens with one attached hydrogen (secondary N) is 1. The molecule has 0 spiro atoms. The summed E-state index contributed by atoms with van der Waals surface area (Å²) in [7, 11) is 0. The summed E-state index contributed by atoms with van der Waals surface area (Å²) in [6.45, 7) is 0.482. The smallest absolute Gasteiger partial charge is 0.283 e. The molecule has 2 aliphatic heterocycles. The summed E-state index contributed by atoms with van der Waals surface area (Å²) < 4.78 is 5.81. The van der Waals surface area contributed by atoms with Crippen LogP contribution in [0.3, 0.4) is 0 Å². The highest BCUT2D eigenvalue weighted by molar-refractivity contribution is 8.27. The zero-order valence-electron chi connectivity index (χ0n) is 16.9. The average molecular weight is 439 g/mol. The van der Waals surface area contributed by atoms with Gasteiger partial charge >= 0.3 is 0 Å². The fraction of sp³-hybridized carbons (Fsp3) is 0.0400. The molecule has 1 amide bonds. The number of nitrogens with zero attached hydrogens (tertiary/aromatic N) is 3. The first kappa shape index (κ1) is 20.0. The van der Waals surface area contributed by atoms with Gasteiger partial charge in [-0.15, -0.1) is 0 Å². The van der Waals surface area contributed by atoms with Crippen molar-refractivity contribution in [1.29, 1.82) is 5.41 Å². The summed E-state index contributed by atoms with van der Waals surface area (Å²) in [5.41, 5.74) is 2.99. The predicted molar refractivity (Wildman–Crippen MR) is 128 cm³/mol. The zero-order chi connectivity index (χ0) is 21.9. The van der Waals surface area contributed by atoms with Gasteiger partial charge in [0.25, 0.3) is 5.91 Å². The largest absolute Gasteiger partial charge is 0.489 e. The van der Waals surface area contributed by atoms with Gasteiger partial charge < -0.3 is 4.74 Å². The molecular weight excluding hydrogens is 420 g/mol. The Morgan fingerprint density at radius 2 is 1.62 bits per heavy atom. The number of aliphatic imine (C=N–C) groups is 1. The maximum Gasteiger partial charge on any atom is 0.283 e. The normalized spacial score (nSPS) is 16.6. The second kappa shape index (κ2) is 8.64. The summed E-state index contributed by atoms with van der Waals surface area (Å²) in [5.74, 6) is 0.305. The molecule has 7 heteroatoms. The molecule has 2 aliphatic rings. The van der Waals surface area contributed by atoms with Crippen LogP contribution in [0.1, 0.15) is 16.7 Å². The fourth-order valence-electron chi connectivity index (χ4n) is 3.26. The zero-order valence-corrected chi connectivity index (χ0v) is 17.8. The molecule has 1 N–H and O–H groups in total. The van der Waals surface area contributed by atoms with Gasteiger partial charge in [-0.1, -0.05) is 72.8 Å². The van der Waals surface area contributed by atoms with E-state index in [1.54, 1.807) is 6.08 Å².